The summed E-state index contributed by atoms with van der Waals surface area (Å²) in [5, 5.41) is 0. The Morgan fingerprint density at radius 2 is 2.18 bits per heavy atom. The molecule has 0 saturated carbocycles. The summed E-state index contributed by atoms with van der Waals surface area (Å²) in [6, 6.07) is 1.59. The van der Waals surface area contributed by atoms with E-state index < -0.39 is 5.78 Å². The van der Waals surface area contributed by atoms with Gasteiger partial charge in [-0.1, -0.05) is 0 Å². The van der Waals surface area contributed by atoms with Crippen molar-refractivity contribution >= 4 is 12.0 Å². The third-order valence-corrected chi connectivity index (χ3v) is 0.961. The largest absolute Gasteiger partial charge is 0.361 e. The van der Waals surface area contributed by atoms with E-state index in [1.807, 2.05) is 0 Å². The van der Waals surface area contributed by atoms with Crippen LogP contribution in [0.4, 0.5) is 0 Å². The lowest BCUT2D eigenvalue weighted by molar-refractivity contribution is 0.00224. The van der Waals surface area contributed by atoms with E-state index in [-0.39, 0.29) is 5.82 Å². The predicted octanol–water partition coefficient (Wildman–Crippen LogP) is -0.0401. The van der Waals surface area contributed by atoms with E-state index in [2.05, 4.69) is 14.8 Å². The van der Waals surface area contributed by atoms with E-state index in [1.54, 1.807) is 6.07 Å². The monoisotopic (exact) mass is 148 g/mol. The molecule has 1 aromatic rings. The van der Waals surface area contributed by atoms with Crippen molar-refractivity contribution in [3.63, 3.8) is 0 Å². The smallest absolute Gasteiger partial charge is 0.331 e. The molecule has 0 radical (unpaired) electrons. The van der Waals surface area contributed by atoms with Crippen LogP contribution >= 0.6 is 0 Å². The van der Waals surface area contributed by atoms with Crippen LogP contribution in [0.3, 0.4) is 0 Å². The zero-order valence-electron chi connectivity index (χ0n) is 5.51. The first-order valence-corrected chi connectivity index (χ1v) is 2.83. The average molecular weight is 148 g/mol. The van der Waals surface area contributed by atoms with Crippen molar-refractivity contribution in [3.8, 4) is 0 Å². The zero-order chi connectivity index (χ0) is 8.10. The molecule has 1 heterocycles. The van der Waals surface area contributed by atoms with Gasteiger partial charge in [-0.3, -0.25) is 4.79 Å². The van der Waals surface area contributed by atoms with Crippen molar-refractivity contribution in [2.24, 2.45) is 0 Å². The summed E-state index contributed by atoms with van der Waals surface area (Å²) in [4.78, 5) is 20.6. The molecule has 54 valence electrons. The van der Waals surface area contributed by atoms with Crippen LogP contribution in [-0.4, -0.2) is 26.8 Å². The van der Waals surface area contributed by atoms with Crippen molar-refractivity contribution in [2.45, 2.75) is 0 Å². The summed E-state index contributed by atoms with van der Waals surface area (Å²) >= 11 is 0. The van der Waals surface area contributed by atoms with Gasteiger partial charge in [0.15, 0.2) is 0 Å². The lowest BCUT2D eigenvalue weighted by Gasteiger charge is -1.85. The molecule has 0 N–H and O–H groups in total. The molecule has 5 heteroatoms. The Morgan fingerprint density at radius 1 is 1.55 bits per heavy atom. The summed E-state index contributed by atoms with van der Waals surface area (Å²) in [5.74, 6) is -0.501. The van der Waals surface area contributed by atoms with Crippen molar-refractivity contribution in [2.75, 3.05) is 0 Å². The van der Waals surface area contributed by atoms with Crippen molar-refractivity contribution in [1.82, 2.24) is 9.97 Å². The SMILES string of the molecule is [N-]=[N+]=CC(=O)c1ncccn1. The van der Waals surface area contributed by atoms with Gasteiger partial charge in [0, 0.05) is 12.4 Å². The molecular weight excluding hydrogens is 144 g/mol. The second-order valence-electron chi connectivity index (χ2n) is 1.68. The van der Waals surface area contributed by atoms with Gasteiger partial charge in [-0.25, -0.2) is 9.97 Å². The van der Waals surface area contributed by atoms with E-state index >= 15 is 0 Å². The minimum atomic E-state index is -0.520. The molecule has 0 saturated heterocycles. The molecule has 0 unspecified atom stereocenters. The molecule has 5 nitrogen and oxygen atoms in total. The van der Waals surface area contributed by atoms with Crippen molar-refractivity contribution < 1.29 is 9.58 Å². The highest BCUT2D eigenvalue weighted by Gasteiger charge is 2.07. The van der Waals surface area contributed by atoms with Gasteiger partial charge in [0.05, 0.1) is 0 Å². The number of rotatable bonds is 2. The maximum atomic E-state index is 10.8. The molecule has 11 heavy (non-hydrogen) atoms. The number of carbonyl (C=O) groups is 1. The second-order valence-corrected chi connectivity index (χ2v) is 1.68. The fourth-order valence-corrected chi connectivity index (χ4v) is 0.537. The molecule has 0 aliphatic heterocycles. The van der Waals surface area contributed by atoms with Gasteiger partial charge in [-0.15, -0.1) is 0 Å². The lowest BCUT2D eigenvalue weighted by atomic mass is 10.4. The number of hydrogen-bond donors (Lipinski definition) is 0. The summed E-state index contributed by atoms with van der Waals surface area (Å²) in [5.41, 5.74) is 7.99. The Labute approximate surface area is 62.3 Å². The average Bonchev–Trinajstić information content (AvgIpc) is 2.07. The zero-order valence-corrected chi connectivity index (χ0v) is 5.51. The molecule has 0 aliphatic rings. The summed E-state index contributed by atoms with van der Waals surface area (Å²) in [6.07, 6.45) is 3.62. The molecule has 0 bridgehead atoms. The molecule has 0 amide bonds. The topological polar surface area (TPSA) is 79.3 Å². The number of aromatic nitrogens is 2. The number of nitrogens with zero attached hydrogens (tertiary/aromatic N) is 4. The van der Waals surface area contributed by atoms with E-state index in [0.717, 1.165) is 6.21 Å². The quantitative estimate of drug-likeness (QED) is 0.255. The van der Waals surface area contributed by atoms with Crippen molar-refractivity contribution in [1.29, 1.82) is 0 Å². The van der Waals surface area contributed by atoms with Gasteiger partial charge >= 0.3 is 12.0 Å². The van der Waals surface area contributed by atoms with Crippen LogP contribution < -0.4 is 0 Å². The van der Waals surface area contributed by atoms with Gasteiger partial charge in [0.1, 0.15) is 0 Å². The second kappa shape index (κ2) is 3.34. The molecule has 0 aliphatic carbocycles. The molecule has 0 fully saturated rings. The van der Waals surface area contributed by atoms with E-state index in [1.165, 1.54) is 12.4 Å². The Hall–Kier alpha value is -1.87. The first-order chi connectivity index (χ1) is 5.34. The summed E-state index contributed by atoms with van der Waals surface area (Å²) < 4.78 is 0. The van der Waals surface area contributed by atoms with E-state index in [9.17, 15) is 4.79 Å². The Bertz CT molecular complexity index is 302. The number of carbonyl (C=O) groups excluding carboxylic acids is 1. The van der Waals surface area contributed by atoms with Gasteiger partial charge in [-0.05, 0) is 6.07 Å². The van der Waals surface area contributed by atoms with Crippen LogP contribution in [0, 0.1) is 0 Å². The van der Waals surface area contributed by atoms with Crippen LogP contribution in [0.25, 0.3) is 5.53 Å². The van der Waals surface area contributed by atoms with Gasteiger partial charge < -0.3 is 5.53 Å². The van der Waals surface area contributed by atoms with Crippen LogP contribution in [0.5, 0.6) is 0 Å². The highest BCUT2D eigenvalue weighted by Crippen LogP contribution is 1.85. The third-order valence-electron chi connectivity index (χ3n) is 0.961. The number of Topliss-reactive ketones (excluding diaryl/α,β-unsaturated/α-hetero) is 1. The molecule has 0 aromatic carbocycles. The minimum Gasteiger partial charge on any atom is -0.361 e. The molecule has 0 spiro atoms. The van der Waals surface area contributed by atoms with Crippen LogP contribution in [0.1, 0.15) is 10.6 Å². The molecule has 1 aromatic heterocycles. The number of ketones is 1. The van der Waals surface area contributed by atoms with Gasteiger partial charge in [0.2, 0.25) is 5.82 Å². The fraction of sp³-hybridized carbons (Fsp3) is 0. The predicted molar refractivity (Wildman–Crippen MR) is 36.0 cm³/mol. The highest BCUT2D eigenvalue weighted by atomic mass is 16.1. The molecular formula is C6H4N4O. The summed E-state index contributed by atoms with van der Waals surface area (Å²) in [6.45, 7) is 0. The first kappa shape index (κ1) is 7.24. The minimum absolute atomic E-state index is 0.0188. The summed E-state index contributed by atoms with van der Waals surface area (Å²) in [7, 11) is 0. The van der Waals surface area contributed by atoms with E-state index in [0.29, 0.717) is 0 Å². The highest BCUT2D eigenvalue weighted by molar-refractivity contribution is 6.32. The fourth-order valence-electron chi connectivity index (χ4n) is 0.537. The van der Waals surface area contributed by atoms with Gasteiger partial charge in [-0.2, -0.15) is 4.79 Å². The third kappa shape index (κ3) is 1.77. The molecule has 1 rings (SSSR count). The Kier molecular flexibility index (Phi) is 2.20. The lowest BCUT2D eigenvalue weighted by Crippen LogP contribution is -2.05. The van der Waals surface area contributed by atoms with Gasteiger partial charge in [0.25, 0.3) is 0 Å². The van der Waals surface area contributed by atoms with Crippen LogP contribution in [-0.2, 0) is 0 Å². The number of hydrogen-bond acceptors (Lipinski definition) is 3. The maximum Gasteiger partial charge on any atom is 0.331 e. The van der Waals surface area contributed by atoms with Crippen molar-refractivity contribution in [3.05, 3.63) is 29.8 Å². The normalized spacial score (nSPS) is 8.36. The molecule has 0 atom stereocenters. The maximum absolute atomic E-state index is 10.8. The Balaban J connectivity index is 2.94. The van der Waals surface area contributed by atoms with Crippen LogP contribution in [0.2, 0.25) is 0 Å². The van der Waals surface area contributed by atoms with Crippen LogP contribution in [0.15, 0.2) is 18.5 Å². The standard InChI is InChI=1S/C6H4N4O/c7-10-4-5(11)6-8-2-1-3-9-6/h1-4H. The van der Waals surface area contributed by atoms with E-state index in [4.69, 9.17) is 5.53 Å². The first-order valence-electron chi connectivity index (χ1n) is 2.83. The Morgan fingerprint density at radius 3 is 2.73 bits per heavy atom.